The van der Waals surface area contributed by atoms with E-state index in [-0.39, 0.29) is 19.1 Å². The second-order valence-corrected chi connectivity index (χ2v) is 10.7. The molecule has 2 aromatic carbocycles. The lowest BCUT2D eigenvalue weighted by Crippen LogP contribution is -2.56. The number of amides is 2. The molecular formula is C29H34N2O7. The molecule has 2 amide bonds. The standard InChI is InChI=1S/C29H34N2O7/c1-29(2,3)38-25(32)16-23(26(33)31-15-9-8-14-24(31)27(34)35)30-28(36)37-17-22-20-12-6-4-10-18(20)19-11-5-7-13-21(19)22/h4-7,10-13,22-24H,8-9,14-17H2,1-3H3,(H,30,36)(H,34,35)/t23-,24-/m0/s1. The van der Waals surface area contributed by atoms with E-state index in [4.69, 9.17) is 9.47 Å². The molecule has 0 radical (unpaired) electrons. The van der Waals surface area contributed by atoms with E-state index in [1.165, 1.54) is 4.90 Å². The summed E-state index contributed by atoms with van der Waals surface area (Å²) in [5.74, 6) is -2.61. The Bertz CT molecular complexity index is 1170. The molecule has 2 N–H and O–H groups in total. The third kappa shape index (κ3) is 6.15. The number of carbonyl (C=O) groups excluding carboxylic acids is 3. The lowest BCUT2D eigenvalue weighted by atomic mass is 9.98. The summed E-state index contributed by atoms with van der Waals surface area (Å²) in [5, 5.41) is 12.1. The van der Waals surface area contributed by atoms with Gasteiger partial charge < -0.3 is 24.8 Å². The van der Waals surface area contributed by atoms with E-state index >= 15 is 0 Å². The highest BCUT2D eigenvalue weighted by atomic mass is 16.6. The maximum Gasteiger partial charge on any atom is 0.407 e. The maximum absolute atomic E-state index is 13.4. The first-order valence-corrected chi connectivity index (χ1v) is 12.9. The van der Waals surface area contributed by atoms with Gasteiger partial charge in [0.05, 0.1) is 6.42 Å². The number of ether oxygens (including phenoxy) is 2. The van der Waals surface area contributed by atoms with Crippen molar-refractivity contribution in [3.8, 4) is 11.1 Å². The van der Waals surface area contributed by atoms with Crippen molar-refractivity contribution in [3.05, 3.63) is 59.7 Å². The van der Waals surface area contributed by atoms with Crippen molar-refractivity contribution >= 4 is 23.9 Å². The highest BCUT2D eigenvalue weighted by molar-refractivity contribution is 5.92. The van der Waals surface area contributed by atoms with Crippen molar-refractivity contribution < 1.29 is 33.8 Å². The number of carboxylic acid groups (broad SMARTS) is 1. The molecule has 38 heavy (non-hydrogen) atoms. The highest BCUT2D eigenvalue weighted by Crippen LogP contribution is 2.44. The van der Waals surface area contributed by atoms with Crippen LogP contribution < -0.4 is 5.32 Å². The van der Waals surface area contributed by atoms with Gasteiger partial charge in [-0.15, -0.1) is 0 Å². The lowest BCUT2D eigenvalue weighted by molar-refractivity contribution is -0.158. The summed E-state index contributed by atoms with van der Waals surface area (Å²) in [6, 6.07) is 13.5. The molecular weight excluding hydrogens is 488 g/mol. The fourth-order valence-electron chi connectivity index (χ4n) is 5.18. The number of hydrogen-bond donors (Lipinski definition) is 2. The Balaban J connectivity index is 1.48. The largest absolute Gasteiger partial charge is 0.480 e. The normalized spacial score (nSPS) is 17.7. The van der Waals surface area contributed by atoms with Gasteiger partial charge in [-0.3, -0.25) is 9.59 Å². The molecule has 2 aliphatic rings. The van der Waals surface area contributed by atoms with Crippen molar-refractivity contribution in [1.82, 2.24) is 10.2 Å². The number of nitrogens with zero attached hydrogens (tertiary/aromatic N) is 1. The molecule has 2 atom stereocenters. The minimum absolute atomic E-state index is 0.0364. The molecule has 1 aliphatic carbocycles. The molecule has 0 aromatic heterocycles. The number of carboxylic acids is 1. The summed E-state index contributed by atoms with van der Waals surface area (Å²) in [7, 11) is 0. The van der Waals surface area contributed by atoms with Gasteiger partial charge in [-0.2, -0.15) is 0 Å². The van der Waals surface area contributed by atoms with E-state index in [0.29, 0.717) is 19.3 Å². The number of piperidine rings is 1. The zero-order valence-corrected chi connectivity index (χ0v) is 21.9. The number of nitrogens with one attached hydrogen (secondary N) is 1. The molecule has 0 unspecified atom stereocenters. The number of aliphatic carboxylic acids is 1. The van der Waals surface area contributed by atoms with Gasteiger partial charge in [0, 0.05) is 12.5 Å². The predicted molar refractivity (Wildman–Crippen MR) is 139 cm³/mol. The van der Waals surface area contributed by atoms with Crippen LogP contribution in [0, 0.1) is 0 Å². The van der Waals surface area contributed by atoms with Crippen LogP contribution in [-0.2, 0) is 23.9 Å². The van der Waals surface area contributed by atoms with E-state index in [2.05, 4.69) is 5.32 Å². The molecule has 9 nitrogen and oxygen atoms in total. The average Bonchev–Trinajstić information content (AvgIpc) is 3.19. The summed E-state index contributed by atoms with van der Waals surface area (Å²) in [5.41, 5.74) is 3.46. The molecule has 1 saturated heterocycles. The lowest BCUT2D eigenvalue weighted by Gasteiger charge is -2.35. The third-order valence-corrected chi connectivity index (χ3v) is 6.80. The Hall–Kier alpha value is -3.88. The van der Waals surface area contributed by atoms with Crippen molar-refractivity contribution in [3.63, 3.8) is 0 Å². The average molecular weight is 523 g/mol. The van der Waals surface area contributed by atoms with Gasteiger partial charge in [0.1, 0.15) is 24.3 Å². The SMILES string of the molecule is CC(C)(C)OC(=O)C[C@H](NC(=O)OCC1c2ccccc2-c2ccccc21)C(=O)N1CCCC[C@H]1C(=O)O. The Kier molecular flexibility index (Phi) is 8.04. The van der Waals surface area contributed by atoms with Crippen molar-refractivity contribution in [1.29, 1.82) is 0 Å². The number of carbonyl (C=O) groups is 4. The second kappa shape index (κ2) is 11.2. The van der Waals surface area contributed by atoms with Crippen LogP contribution in [0.2, 0.25) is 0 Å². The van der Waals surface area contributed by atoms with E-state index in [9.17, 15) is 24.3 Å². The zero-order valence-electron chi connectivity index (χ0n) is 21.9. The van der Waals surface area contributed by atoms with Crippen LogP contribution in [0.4, 0.5) is 4.79 Å². The summed E-state index contributed by atoms with van der Waals surface area (Å²) in [6.45, 7) is 5.37. The number of esters is 1. The number of benzene rings is 2. The molecule has 0 bridgehead atoms. The molecule has 4 rings (SSSR count). The molecule has 1 heterocycles. The Labute approximate surface area is 222 Å². The van der Waals surface area contributed by atoms with Crippen LogP contribution in [0.25, 0.3) is 11.1 Å². The molecule has 1 fully saturated rings. The summed E-state index contributed by atoms with van der Waals surface area (Å²) in [6.07, 6.45) is 0.322. The number of fused-ring (bicyclic) bond motifs is 3. The number of hydrogen-bond acceptors (Lipinski definition) is 6. The van der Waals surface area contributed by atoms with Crippen molar-refractivity contribution in [2.24, 2.45) is 0 Å². The van der Waals surface area contributed by atoms with Crippen LogP contribution in [0.5, 0.6) is 0 Å². The van der Waals surface area contributed by atoms with Gasteiger partial charge in [0.15, 0.2) is 0 Å². The minimum Gasteiger partial charge on any atom is -0.480 e. The van der Waals surface area contributed by atoms with E-state index < -0.39 is 48.0 Å². The Morgan fingerprint density at radius 2 is 1.61 bits per heavy atom. The Morgan fingerprint density at radius 1 is 1.00 bits per heavy atom. The first kappa shape index (κ1) is 27.2. The monoisotopic (exact) mass is 522 g/mol. The van der Waals surface area contributed by atoms with Crippen LogP contribution in [0.3, 0.4) is 0 Å². The van der Waals surface area contributed by atoms with Crippen molar-refractivity contribution in [2.75, 3.05) is 13.2 Å². The fraction of sp³-hybridized carbons (Fsp3) is 0.448. The van der Waals surface area contributed by atoms with Crippen LogP contribution >= 0.6 is 0 Å². The van der Waals surface area contributed by atoms with Gasteiger partial charge in [-0.25, -0.2) is 9.59 Å². The first-order chi connectivity index (χ1) is 18.0. The number of rotatable bonds is 7. The number of likely N-dealkylation sites (tertiary alicyclic amines) is 1. The minimum atomic E-state index is -1.32. The summed E-state index contributed by atoms with van der Waals surface area (Å²) in [4.78, 5) is 52.0. The second-order valence-electron chi connectivity index (χ2n) is 10.7. The molecule has 9 heteroatoms. The predicted octanol–water partition coefficient (Wildman–Crippen LogP) is 4.09. The van der Waals surface area contributed by atoms with E-state index in [1.807, 2.05) is 48.5 Å². The van der Waals surface area contributed by atoms with Gasteiger partial charge in [-0.05, 0) is 62.3 Å². The topological polar surface area (TPSA) is 122 Å². The molecule has 0 saturated carbocycles. The maximum atomic E-state index is 13.4. The molecule has 0 spiro atoms. The molecule has 1 aliphatic heterocycles. The van der Waals surface area contributed by atoms with Crippen LogP contribution in [0.1, 0.15) is 63.5 Å². The van der Waals surface area contributed by atoms with Gasteiger partial charge in [0.25, 0.3) is 0 Å². The number of alkyl carbamates (subject to hydrolysis) is 1. The van der Waals surface area contributed by atoms with Crippen LogP contribution in [-0.4, -0.2) is 64.8 Å². The fourth-order valence-corrected chi connectivity index (χ4v) is 5.18. The molecule has 2 aromatic rings. The zero-order chi connectivity index (χ0) is 27.4. The van der Waals surface area contributed by atoms with Crippen molar-refractivity contribution in [2.45, 2.75) is 70.1 Å². The summed E-state index contributed by atoms with van der Waals surface area (Å²) >= 11 is 0. The Morgan fingerprint density at radius 3 is 2.18 bits per heavy atom. The quantitative estimate of drug-likeness (QED) is 0.525. The highest BCUT2D eigenvalue weighted by Gasteiger charge is 2.38. The van der Waals surface area contributed by atoms with Gasteiger partial charge >= 0.3 is 18.0 Å². The van der Waals surface area contributed by atoms with E-state index in [1.54, 1.807) is 20.8 Å². The van der Waals surface area contributed by atoms with Gasteiger partial charge in [-0.1, -0.05) is 48.5 Å². The smallest absolute Gasteiger partial charge is 0.407 e. The van der Waals surface area contributed by atoms with Crippen LogP contribution in [0.15, 0.2) is 48.5 Å². The van der Waals surface area contributed by atoms with Gasteiger partial charge in [0.2, 0.25) is 5.91 Å². The summed E-state index contributed by atoms with van der Waals surface area (Å²) < 4.78 is 10.9. The molecule has 202 valence electrons. The third-order valence-electron chi connectivity index (χ3n) is 6.80. The first-order valence-electron chi connectivity index (χ1n) is 12.9. The van der Waals surface area contributed by atoms with E-state index in [0.717, 1.165) is 22.3 Å².